The number of Topliss-reactive ketones (excluding diaryl/α,β-unsaturated/α-hetero) is 1. The molecule has 0 spiro atoms. The maximum atomic E-state index is 13.5. The average molecular weight is 563 g/mol. The normalized spacial score (nSPS) is 18.6. The summed E-state index contributed by atoms with van der Waals surface area (Å²) in [7, 11) is 1.58. The summed E-state index contributed by atoms with van der Waals surface area (Å²) in [6.07, 6.45) is 2.41. The number of thioether (sulfide) groups is 1. The Morgan fingerprint density at radius 3 is 2.74 bits per heavy atom. The van der Waals surface area contributed by atoms with Gasteiger partial charge in [-0.1, -0.05) is 36.9 Å². The highest BCUT2D eigenvalue weighted by atomic mass is 32.2. The van der Waals surface area contributed by atoms with Crippen molar-refractivity contribution >= 4 is 45.6 Å². The number of furan rings is 1. The highest BCUT2D eigenvalue weighted by molar-refractivity contribution is 8.01. The second-order valence-corrected chi connectivity index (χ2v) is 12.1. The third-order valence-corrected chi connectivity index (χ3v) is 8.54. The number of nitriles is 1. The number of benzene rings is 1. The highest BCUT2D eigenvalue weighted by Crippen LogP contribution is 2.50. The molecule has 3 N–H and O–H groups in total. The van der Waals surface area contributed by atoms with Crippen molar-refractivity contribution in [2.45, 2.75) is 36.9 Å². The van der Waals surface area contributed by atoms with Gasteiger partial charge in [0.2, 0.25) is 11.0 Å². The maximum Gasteiger partial charge on any atom is 0.234 e. The summed E-state index contributed by atoms with van der Waals surface area (Å²) in [6.45, 7) is 4.05. The van der Waals surface area contributed by atoms with Gasteiger partial charge in [-0.25, -0.2) is 0 Å². The second kappa shape index (κ2) is 10.6. The van der Waals surface area contributed by atoms with Crippen LogP contribution < -0.4 is 20.7 Å². The van der Waals surface area contributed by atoms with E-state index in [9.17, 15) is 14.9 Å². The van der Waals surface area contributed by atoms with Gasteiger partial charge >= 0.3 is 0 Å². The van der Waals surface area contributed by atoms with E-state index in [1.807, 2.05) is 13.8 Å². The minimum atomic E-state index is -0.678. The summed E-state index contributed by atoms with van der Waals surface area (Å²) in [4.78, 5) is 27.6. The van der Waals surface area contributed by atoms with Gasteiger partial charge in [0.05, 0.1) is 36.7 Å². The smallest absolute Gasteiger partial charge is 0.234 e. The number of rotatable bonds is 7. The van der Waals surface area contributed by atoms with E-state index in [0.29, 0.717) is 50.8 Å². The quantitative estimate of drug-likeness (QED) is 0.384. The number of hydrogen-bond donors (Lipinski definition) is 2. The molecule has 10 nitrogen and oxygen atoms in total. The molecule has 39 heavy (non-hydrogen) atoms. The van der Waals surface area contributed by atoms with Crippen LogP contribution in [0.5, 0.6) is 5.75 Å². The number of hydrogen-bond acceptors (Lipinski definition) is 11. The Bertz CT molecular complexity index is 1520. The predicted octanol–water partition coefficient (Wildman–Crippen LogP) is 4.81. The lowest BCUT2D eigenvalue weighted by atomic mass is 9.69. The van der Waals surface area contributed by atoms with Gasteiger partial charge in [-0.05, 0) is 48.2 Å². The molecular weight excluding hydrogens is 536 g/mol. The number of ether oxygens (including phenoxy) is 1. The van der Waals surface area contributed by atoms with E-state index in [-0.39, 0.29) is 34.3 Å². The van der Waals surface area contributed by atoms with Crippen molar-refractivity contribution in [1.82, 2.24) is 10.2 Å². The number of nitrogens with zero attached hydrogens (tertiary/aromatic N) is 4. The number of methoxy groups -OCH3 is 1. The molecule has 1 unspecified atom stereocenters. The molecule has 1 aromatic carbocycles. The average Bonchev–Trinajstić information content (AvgIpc) is 3.59. The number of nitrogens with one attached hydrogen (secondary N) is 1. The molecule has 0 saturated heterocycles. The van der Waals surface area contributed by atoms with Crippen LogP contribution >= 0.6 is 23.1 Å². The summed E-state index contributed by atoms with van der Waals surface area (Å²) in [6, 6.07) is 12.7. The monoisotopic (exact) mass is 562 g/mol. The van der Waals surface area contributed by atoms with Crippen molar-refractivity contribution in [2.75, 3.05) is 23.1 Å². The third kappa shape index (κ3) is 5.28. The Balaban J connectivity index is 1.41. The number of ketones is 1. The molecule has 1 aliphatic heterocycles. The third-order valence-electron chi connectivity index (χ3n) is 6.50. The van der Waals surface area contributed by atoms with Crippen molar-refractivity contribution in [3.63, 3.8) is 0 Å². The van der Waals surface area contributed by atoms with Gasteiger partial charge in [-0.2, -0.15) is 5.26 Å². The van der Waals surface area contributed by atoms with Crippen LogP contribution in [0.1, 0.15) is 38.4 Å². The molecular formula is C27H26N6O4S2. The van der Waals surface area contributed by atoms with Crippen molar-refractivity contribution < 1.29 is 18.7 Å². The first-order valence-corrected chi connectivity index (χ1v) is 13.9. The zero-order valence-corrected chi connectivity index (χ0v) is 23.2. The molecule has 3 heterocycles. The van der Waals surface area contributed by atoms with Gasteiger partial charge in [0.1, 0.15) is 17.3 Å². The molecule has 0 bridgehead atoms. The Morgan fingerprint density at radius 2 is 2.08 bits per heavy atom. The summed E-state index contributed by atoms with van der Waals surface area (Å²) in [5.74, 6) is 0.572. The summed E-state index contributed by atoms with van der Waals surface area (Å²) < 4.78 is 11.3. The fourth-order valence-corrected chi connectivity index (χ4v) is 6.50. The van der Waals surface area contributed by atoms with Crippen molar-refractivity contribution in [2.24, 2.45) is 11.1 Å². The topological polar surface area (TPSA) is 147 Å². The molecule has 0 fully saturated rings. The molecule has 1 amide bonds. The molecule has 3 aromatic rings. The molecule has 0 radical (unpaired) electrons. The maximum absolute atomic E-state index is 13.5. The van der Waals surface area contributed by atoms with Crippen LogP contribution in [-0.2, 0) is 9.59 Å². The minimum Gasteiger partial charge on any atom is -0.497 e. The van der Waals surface area contributed by atoms with Crippen LogP contribution in [0, 0.1) is 16.7 Å². The van der Waals surface area contributed by atoms with E-state index in [0.717, 1.165) is 0 Å². The predicted molar refractivity (Wildman–Crippen MR) is 148 cm³/mol. The Morgan fingerprint density at radius 1 is 1.31 bits per heavy atom. The number of amides is 1. The zero-order chi connectivity index (χ0) is 27.7. The lowest BCUT2D eigenvalue weighted by molar-refractivity contribution is -0.118. The summed E-state index contributed by atoms with van der Waals surface area (Å²) >= 11 is 2.48. The van der Waals surface area contributed by atoms with E-state index in [2.05, 4.69) is 21.6 Å². The number of aromatic nitrogens is 2. The Hall–Kier alpha value is -4.08. The van der Waals surface area contributed by atoms with Gasteiger partial charge in [0.25, 0.3) is 0 Å². The lowest BCUT2D eigenvalue weighted by Gasteiger charge is -2.42. The first-order valence-electron chi connectivity index (χ1n) is 12.1. The SMILES string of the molecule is COc1ccc(NC(=O)CSc2nnc(N3C(N)=C(C#N)C(c4ccco4)C4=C3CC(C)(C)CC4=O)s2)cc1. The Labute approximate surface area is 233 Å². The van der Waals surface area contributed by atoms with Crippen LogP contribution in [0.2, 0.25) is 0 Å². The number of carbonyl (C=O) groups excluding carboxylic acids is 2. The van der Waals surface area contributed by atoms with Gasteiger partial charge < -0.3 is 20.2 Å². The number of anilines is 2. The van der Waals surface area contributed by atoms with Gasteiger partial charge in [0, 0.05) is 23.4 Å². The van der Waals surface area contributed by atoms with E-state index in [1.165, 1.54) is 29.4 Å². The van der Waals surface area contributed by atoms with Crippen LogP contribution in [0.25, 0.3) is 0 Å². The lowest BCUT2D eigenvalue weighted by Crippen LogP contribution is -2.42. The first kappa shape index (κ1) is 26.5. The van der Waals surface area contributed by atoms with E-state index in [4.69, 9.17) is 14.9 Å². The molecule has 200 valence electrons. The zero-order valence-electron chi connectivity index (χ0n) is 21.6. The van der Waals surface area contributed by atoms with Crippen molar-refractivity contribution in [1.29, 1.82) is 5.26 Å². The van der Waals surface area contributed by atoms with Gasteiger partial charge in [0.15, 0.2) is 10.1 Å². The van der Waals surface area contributed by atoms with E-state index in [1.54, 1.807) is 48.4 Å². The molecule has 5 rings (SSSR count). The first-order chi connectivity index (χ1) is 18.7. The minimum absolute atomic E-state index is 0.0535. The van der Waals surface area contributed by atoms with Crippen LogP contribution in [0.3, 0.4) is 0 Å². The largest absolute Gasteiger partial charge is 0.497 e. The van der Waals surface area contributed by atoms with E-state index < -0.39 is 5.92 Å². The number of carbonyl (C=O) groups is 2. The van der Waals surface area contributed by atoms with Gasteiger partial charge in [-0.15, -0.1) is 10.2 Å². The molecule has 12 heteroatoms. The Kier molecular flexibility index (Phi) is 7.20. The van der Waals surface area contributed by atoms with Crippen LogP contribution in [0.15, 0.2) is 74.1 Å². The highest BCUT2D eigenvalue weighted by Gasteiger charge is 2.46. The standard InChI is InChI=1S/C27H26N6O4S2/c1-27(2)11-18-23(19(34)12-27)22(20-5-4-10-37-20)17(13-28)24(29)33(18)25-31-32-26(39-25)38-14-21(35)30-15-6-8-16(36-3)9-7-15/h4-10,22H,11-12,14,29H2,1-3H3,(H,30,35). The van der Waals surface area contributed by atoms with Crippen molar-refractivity contribution in [3.05, 3.63) is 71.1 Å². The van der Waals surface area contributed by atoms with Crippen LogP contribution in [0.4, 0.5) is 10.8 Å². The summed E-state index contributed by atoms with van der Waals surface area (Å²) in [5.41, 5.74) is 8.36. The van der Waals surface area contributed by atoms with Crippen molar-refractivity contribution in [3.8, 4) is 11.8 Å². The van der Waals surface area contributed by atoms with Crippen LogP contribution in [-0.4, -0.2) is 34.8 Å². The molecule has 2 aromatic heterocycles. The molecule has 2 aliphatic rings. The summed E-state index contributed by atoms with van der Waals surface area (Å²) in [5, 5.41) is 21.9. The number of nitrogens with two attached hydrogens (primary N) is 1. The molecule has 1 atom stereocenters. The fourth-order valence-electron chi connectivity index (χ4n) is 4.82. The molecule has 0 saturated carbocycles. The second-order valence-electron chi connectivity index (χ2n) is 9.91. The fraction of sp³-hybridized carbons (Fsp3) is 0.296. The number of allylic oxidation sites excluding steroid dienone is 3. The van der Waals surface area contributed by atoms with E-state index >= 15 is 0 Å². The van der Waals surface area contributed by atoms with Gasteiger partial charge in [-0.3, -0.25) is 14.5 Å². The molecule has 1 aliphatic carbocycles.